The zero-order valence-electron chi connectivity index (χ0n) is 12.1. The summed E-state index contributed by atoms with van der Waals surface area (Å²) in [4.78, 5) is 16.5. The first-order valence-corrected chi connectivity index (χ1v) is 6.88. The Hall–Kier alpha value is -2.43. The lowest BCUT2D eigenvalue weighted by atomic mass is 10.2. The van der Waals surface area contributed by atoms with E-state index in [1.807, 2.05) is 6.92 Å². The van der Waals surface area contributed by atoms with Crippen LogP contribution in [0.25, 0.3) is 0 Å². The van der Waals surface area contributed by atoms with Crippen LogP contribution in [0, 0.1) is 12.7 Å². The first-order valence-electron chi connectivity index (χ1n) is 6.88. The maximum Gasteiger partial charge on any atom is 0.259 e. The smallest absolute Gasteiger partial charge is 0.259 e. The van der Waals surface area contributed by atoms with Crippen molar-refractivity contribution in [3.63, 3.8) is 0 Å². The van der Waals surface area contributed by atoms with Gasteiger partial charge in [0.1, 0.15) is 11.6 Å². The number of carbonyl (C=O) groups is 1. The molecule has 0 bridgehead atoms. The minimum Gasteiger partial charge on any atom is -0.369 e. The van der Waals surface area contributed by atoms with E-state index >= 15 is 0 Å². The molecule has 0 unspecified atom stereocenters. The van der Waals surface area contributed by atoms with Gasteiger partial charge in [0.15, 0.2) is 0 Å². The molecule has 2 N–H and O–H groups in total. The lowest BCUT2D eigenvalue weighted by molar-refractivity contribution is 0.102. The Morgan fingerprint density at radius 1 is 1.33 bits per heavy atom. The number of rotatable bonds is 5. The summed E-state index contributed by atoms with van der Waals surface area (Å²) in [5.74, 6) is -0.0110. The van der Waals surface area contributed by atoms with Crippen molar-refractivity contribution in [2.45, 2.75) is 20.3 Å². The van der Waals surface area contributed by atoms with Gasteiger partial charge in [0.25, 0.3) is 5.91 Å². The van der Waals surface area contributed by atoms with E-state index in [1.54, 1.807) is 31.3 Å². The van der Waals surface area contributed by atoms with Gasteiger partial charge in [0.2, 0.25) is 0 Å². The normalized spacial score (nSPS) is 10.2. The third-order valence-electron chi connectivity index (χ3n) is 3.01. The molecule has 0 saturated heterocycles. The largest absolute Gasteiger partial charge is 0.369 e. The second kappa shape index (κ2) is 6.83. The minimum atomic E-state index is -0.292. The molecule has 1 amide bonds. The number of hydrogen-bond donors (Lipinski definition) is 2. The molecule has 0 aliphatic heterocycles. The summed E-state index contributed by atoms with van der Waals surface area (Å²) >= 11 is 0. The van der Waals surface area contributed by atoms with Crippen LogP contribution in [0.3, 0.4) is 0 Å². The fraction of sp³-hybridized carbons (Fsp3) is 0.250. The standard InChI is InChI=1S/C16H18FN3O/c1-3-8-18-15-13(5-4-9-19-15)16(21)20-12-6-7-14(17)11(2)10-12/h4-7,9-10H,3,8H2,1-2H3,(H,18,19)(H,20,21). The summed E-state index contributed by atoms with van der Waals surface area (Å²) in [7, 11) is 0. The zero-order valence-corrected chi connectivity index (χ0v) is 12.1. The zero-order chi connectivity index (χ0) is 15.2. The topological polar surface area (TPSA) is 54.0 Å². The summed E-state index contributed by atoms with van der Waals surface area (Å²) in [6.07, 6.45) is 2.58. The van der Waals surface area contributed by atoms with Gasteiger partial charge in [-0.15, -0.1) is 0 Å². The van der Waals surface area contributed by atoms with Gasteiger partial charge in [-0.2, -0.15) is 0 Å². The first kappa shape index (κ1) is 15.0. The molecule has 0 atom stereocenters. The number of nitrogens with one attached hydrogen (secondary N) is 2. The lowest BCUT2D eigenvalue weighted by Gasteiger charge is -2.11. The fourth-order valence-electron chi connectivity index (χ4n) is 1.89. The van der Waals surface area contributed by atoms with Crippen LogP contribution in [-0.2, 0) is 0 Å². The number of nitrogens with zero attached hydrogens (tertiary/aromatic N) is 1. The molecule has 0 saturated carbocycles. The molecule has 0 spiro atoms. The van der Waals surface area contributed by atoms with Crippen molar-refractivity contribution < 1.29 is 9.18 Å². The van der Waals surface area contributed by atoms with Crippen molar-refractivity contribution in [1.29, 1.82) is 0 Å². The number of pyridine rings is 1. The van der Waals surface area contributed by atoms with Crippen molar-refractivity contribution in [2.24, 2.45) is 0 Å². The van der Waals surface area contributed by atoms with E-state index in [-0.39, 0.29) is 11.7 Å². The quantitative estimate of drug-likeness (QED) is 0.883. The van der Waals surface area contributed by atoms with Crippen LogP contribution in [0.5, 0.6) is 0 Å². The molecule has 2 aromatic rings. The Labute approximate surface area is 123 Å². The van der Waals surface area contributed by atoms with Crippen LogP contribution in [0.4, 0.5) is 15.9 Å². The molecular weight excluding hydrogens is 269 g/mol. The van der Waals surface area contributed by atoms with E-state index in [0.29, 0.717) is 22.6 Å². The average Bonchev–Trinajstić information content (AvgIpc) is 2.49. The Balaban J connectivity index is 2.18. The highest BCUT2D eigenvalue weighted by Gasteiger charge is 2.12. The Bertz CT molecular complexity index is 643. The van der Waals surface area contributed by atoms with E-state index in [4.69, 9.17) is 0 Å². The first-order chi connectivity index (χ1) is 10.1. The van der Waals surface area contributed by atoms with Crippen LogP contribution in [0.15, 0.2) is 36.5 Å². The Kier molecular flexibility index (Phi) is 4.87. The molecule has 0 fully saturated rings. The number of carbonyl (C=O) groups excluding carboxylic acids is 1. The molecule has 1 aromatic heterocycles. The summed E-state index contributed by atoms with van der Waals surface area (Å²) in [6.45, 7) is 4.44. The molecule has 0 aliphatic carbocycles. The molecule has 2 rings (SSSR count). The van der Waals surface area contributed by atoms with E-state index < -0.39 is 0 Å². The van der Waals surface area contributed by atoms with Gasteiger partial charge in [-0.05, 0) is 49.2 Å². The number of benzene rings is 1. The lowest BCUT2D eigenvalue weighted by Crippen LogP contribution is -2.16. The number of aromatic nitrogens is 1. The van der Waals surface area contributed by atoms with Gasteiger partial charge in [0, 0.05) is 18.4 Å². The maximum atomic E-state index is 13.2. The van der Waals surface area contributed by atoms with Crippen molar-refractivity contribution in [1.82, 2.24) is 4.98 Å². The third kappa shape index (κ3) is 3.78. The molecule has 21 heavy (non-hydrogen) atoms. The van der Waals surface area contributed by atoms with Gasteiger partial charge >= 0.3 is 0 Å². The molecule has 110 valence electrons. The van der Waals surface area contributed by atoms with Crippen molar-refractivity contribution in [2.75, 3.05) is 17.2 Å². The second-order valence-corrected chi connectivity index (χ2v) is 4.74. The average molecular weight is 287 g/mol. The van der Waals surface area contributed by atoms with Crippen molar-refractivity contribution in [3.05, 3.63) is 53.5 Å². The van der Waals surface area contributed by atoms with Crippen LogP contribution in [0.1, 0.15) is 29.3 Å². The van der Waals surface area contributed by atoms with Crippen LogP contribution in [0.2, 0.25) is 0 Å². The minimum absolute atomic E-state index is 0.271. The fourth-order valence-corrected chi connectivity index (χ4v) is 1.89. The van der Waals surface area contributed by atoms with Gasteiger partial charge in [-0.3, -0.25) is 4.79 Å². The molecule has 4 nitrogen and oxygen atoms in total. The maximum absolute atomic E-state index is 13.2. The molecule has 0 aliphatic rings. The summed E-state index contributed by atoms with van der Waals surface area (Å²) in [5.41, 5.74) is 1.51. The monoisotopic (exact) mass is 287 g/mol. The molecule has 5 heteroatoms. The summed E-state index contributed by atoms with van der Waals surface area (Å²) in [5, 5.41) is 5.88. The van der Waals surface area contributed by atoms with Gasteiger partial charge < -0.3 is 10.6 Å². The van der Waals surface area contributed by atoms with E-state index in [2.05, 4.69) is 15.6 Å². The number of amides is 1. The second-order valence-electron chi connectivity index (χ2n) is 4.74. The SMILES string of the molecule is CCCNc1ncccc1C(=O)Nc1ccc(F)c(C)c1. The van der Waals surface area contributed by atoms with Gasteiger partial charge in [0.05, 0.1) is 5.56 Å². The summed E-state index contributed by atoms with van der Waals surface area (Å²) in [6, 6.07) is 7.89. The predicted molar refractivity (Wildman–Crippen MR) is 82.1 cm³/mol. The molecule has 0 radical (unpaired) electrons. The van der Waals surface area contributed by atoms with Gasteiger partial charge in [-0.1, -0.05) is 6.92 Å². The molecular formula is C16H18FN3O. The summed E-state index contributed by atoms with van der Waals surface area (Å²) < 4.78 is 13.2. The predicted octanol–water partition coefficient (Wildman–Crippen LogP) is 3.60. The number of hydrogen-bond acceptors (Lipinski definition) is 3. The Morgan fingerprint density at radius 2 is 2.14 bits per heavy atom. The third-order valence-corrected chi connectivity index (χ3v) is 3.01. The number of anilines is 2. The van der Waals surface area contributed by atoms with Crippen LogP contribution in [-0.4, -0.2) is 17.4 Å². The molecule has 1 aromatic carbocycles. The van der Waals surface area contributed by atoms with Crippen LogP contribution < -0.4 is 10.6 Å². The molecule has 1 heterocycles. The highest BCUT2D eigenvalue weighted by Crippen LogP contribution is 2.17. The highest BCUT2D eigenvalue weighted by atomic mass is 19.1. The highest BCUT2D eigenvalue weighted by molar-refractivity contribution is 6.07. The number of halogens is 1. The van der Waals surface area contributed by atoms with E-state index in [0.717, 1.165) is 13.0 Å². The van der Waals surface area contributed by atoms with Crippen molar-refractivity contribution in [3.8, 4) is 0 Å². The van der Waals surface area contributed by atoms with E-state index in [1.165, 1.54) is 12.1 Å². The van der Waals surface area contributed by atoms with Gasteiger partial charge in [-0.25, -0.2) is 9.37 Å². The number of aryl methyl sites for hydroxylation is 1. The van der Waals surface area contributed by atoms with E-state index in [9.17, 15) is 9.18 Å². The Morgan fingerprint density at radius 3 is 2.86 bits per heavy atom. The van der Waals surface area contributed by atoms with Crippen molar-refractivity contribution >= 4 is 17.4 Å². The van der Waals surface area contributed by atoms with Crippen LogP contribution >= 0.6 is 0 Å².